The molecule has 1 N–H and O–H groups in total. The van der Waals surface area contributed by atoms with Crippen LogP contribution in [0.25, 0.3) is 0 Å². The SMILES string of the molecule is COC(=O)c1cccc(C(C)(C)OO)c1. The number of methoxy groups -OCH3 is 1. The van der Waals surface area contributed by atoms with Gasteiger partial charge < -0.3 is 4.74 Å². The number of benzene rings is 1. The smallest absolute Gasteiger partial charge is 0.337 e. The fraction of sp³-hybridized carbons (Fsp3) is 0.364. The van der Waals surface area contributed by atoms with Crippen molar-refractivity contribution in [3.8, 4) is 0 Å². The Morgan fingerprint density at radius 1 is 1.40 bits per heavy atom. The van der Waals surface area contributed by atoms with Crippen LogP contribution in [0.4, 0.5) is 0 Å². The van der Waals surface area contributed by atoms with Crippen molar-refractivity contribution < 1.29 is 19.7 Å². The van der Waals surface area contributed by atoms with Crippen molar-refractivity contribution in [3.63, 3.8) is 0 Å². The quantitative estimate of drug-likeness (QED) is 0.472. The number of ether oxygens (including phenoxy) is 1. The van der Waals surface area contributed by atoms with Gasteiger partial charge in [-0.3, -0.25) is 5.26 Å². The second-order valence-electron chi connectivity index (χ2n) is 3.67. The van der Waals surface area contributed by atoms with Gasteiger partial charge in [-0.15, -0.1) is 0 Å². The van der Waals surface area contributed by atoms with E-state index < -0.39 is 11.6 Å². The van der Waals surface area contributed by atoms with Gasteiger partial charge in [-0.05, 0) is 31.5 Å². The molecule has 15 heavy (non-hydrogen) atoms. The van der Waals surface area contributed by atoms with E-state index in [0.717, 1.165) is 0 Å². The Balaban J connectivity index is 3.08. The predicted molar refractivity (Wildman–Crippen MR) is 54.5 cm³/mol. The first kappa shape index (κ1) is 11.7. The number of carbonyl (C=O) groups excluding carboxylic acids is 1. The summed E-state index contributed by atoms with van der Waals surface area (Å²) in [6.07, 6.45) is 0. The number of esters is 1. The molecular weight excluding hydrogens is 196 g/mol. The maximum absolute atomic E-state index is 11.3. The first-order valence-corrected chi connectivity index (χ1v) is 4.52. The molecule has 82 valence electrons. The molecule has 0 aliphatic carbocycles. The van der Waals surface area contributed by atoms with Crippen LogP contribution in [-0.4, -0.2) is 18.3 Å². The molecule has 0 bridgehead atoms. The van der Waals surface area contributed by atoms with E-state index in [2.05, 4.69) is 9.62 Å². The van der Waals surface area contributed by atoms with E-state index >= 15 is 0 Å². The van der Waals surface area contributed by atoms with Crippen LogP contribution in [0.3, 0.4) is 0 Å². The lowest BCUT2D eigenvalue weighted by atomic mass is 9.96. The minimum absolute atomic E-state index is 0.411. The average Bonchev–Trinajstić information content (AvgIpc) is 2.28. The maximum Gasteiger partial charge on any atom is 0.337 e. The summed E-state index contributed by atoms with van der Waals surface area (Å²) in [5.74, 6) is -0.411. The zero-order valence-electron chi connectivity index (χ0n) is 8.98. The Bertz CT molecular complexity index is 357. The molecule has 4 heteroatoms. The van der Waals surface area contributed by atoms with Gasteiger partial charge in [-0.1, -0.05) is 12.1 Å². The normalized spacial score (nSPS) is 11.2. The summed E-state index contributed by atoms with van der Waals surface area (Å²) in [6, 6.07) is 6.75. The first-order valence-electron chi connectivity index (χ1n) is 4.52. The van der Waals surface area contributed by atoms with Gasteiger partial charge in [-0.2, -0.15) is 0 Å². The van der Waals surface area contributed by atoms with Crippen LogP contribution in [0.15, 0.2) is 24.3 Å². The van der Waals surface area contributed by atoms with E-state index in [0.29, 0.717) is 11.1 Å². The lowest BCUT2D eigenvalue weighted by Gasteiger charge is -2.21. The third kappa shape index (κ3) is 2.55. The monoisotopic (exact) mass is 210 g/mol. The highest BCUT2D eigenvalue weighted by Crippen LogP contribution is 2.24. The van der Waals surface area contributed by atoms with E-state index in [1.54, 1.807) is 38.1 Å². The minimum atomic E-state index is -0.843. The molecule has 0 saturated heterocycles. The van der Waals surface area contributed by atoms with Crippen LogP contribution >= 0.6 is 0 Å². The lowest BCUT2D eigenvalue weighted by Crippen LogP contribution is -2.20. The van der Waals surface area contributed by atoms with Crippen LogP contribution in [0.2, 0.25) is 0 Å². The van der Waals surface area contributed by atoms with Crippen LogP contribution in [0, 0.1) is 0 Å². The molecule has 0 aliphatic heterocycles. The van der Waals surface area contributed by atoms with Gasteiger partial charge in [0.25, 0.3) is 0 Å². The molecule has 0 fully saturated rings. The molecule has 0 radical (unpaired) electrons. The fourth-order valence-electron chi connectivity index (χ4n) is 1.19. The van der Waals surface area contributed by atoms with Gasteiger partial charge in [0.1, 0.15) is 5.60 Å². The Labute approximate surface area is 88.4 Å². The molecule has 1 aromatic rings. The molecule has 0 heterocycles. The third-order valence-electron chi connectivity index (χ3n) is 2.21. The highest BCUT2D eigenvalue weighted by Gasteiger charge is 2.22. The van der Waals surface area contributed by atoms with E-state index in [4.69, 9.17) is 5.26 Å². The summed E-state index contributed by atoms with van der Waals surface area (Å²) in [7, 11) is 1.32. The topological polar surface area (TPSA) is 55.8 Å². The number of hydrogen-bond acceptors (Lipinski definition) is 4. The Hall–Kier alpha value is -1.39. The lowest BCUT2D eigenvalue weighted by molar-refractivity contribution is -0.318. The van der Waals surface area contributed by atoms with Gasteiger partial charge >= 0.3 is 5.97 Å². The van der Waals surface area contributed by atoms with Gasteiger partial charge in [-0.25, -0.2) is 9.68 Å². The van der Waals surface area contributed by atoms with Crippen molar-refractivity contribution in [2.24, 2.45) is 0 Å². The van der Waals surface area contributed by atoms with Crippen LogP contribution in [0.5, 0.6) is 0 Å². The molecule has 0 aromatic heterocycles. The summed E-state index contributed by atoms with van der Waals surface area (Å²) in [4.78, 5) is 15.6. The molecule has 1 rings (SSSR count). The van der Waals surface area contributed by atoms with E-state index in [-0.39, 0.29) is 0 Å². The highest BCUT2D eigenvalue weighted by molar-refractivity contribution is 5.89. The zero-order valence-corrected chi connectivity index (χ0v) is 8.98. The fourth-order valence-corrected chi connectivity index (χ4v) is 1.19. The molecule has 4 nitrogen and oxygen atoms in total. The molecule has 0 spiro atoms. The summed E-state index contributed by atoms with van der Waals surface area (Å²) in [5, 5.41) is 8.72. The van der Waals surface area contributed by atoms with Crippen LogP contribution in [0.1, 0.15) is 29.8 Å². The van der Waals surface area contributed by atoms with Crippen molar-refractivity contribution in [2.75, 3.05) is 7.11 Å². The second kappa shape index (κ2) is 4.42. The van der Waals surface area contributed by atoms with Crippen molar-refractivity contribution >= 4 is 5.97 Å². The van der Waals surface area contributed by atoms with Gasteiger partial charge in [0.05, 0.1) is 12.7 Å². The van der Waals surface area contributed by atoms with Crippen LogP contribution in [-0.2, 0) is 15.2 Å². The molecule has 1 aromatic carbocycles. The van der Waals surface area contributed by atoms with Gasteiger partial charge in [0.2, 0.25) is 0 Å². The largest absolute Gasteiger partial charge is 0.465 e. The molecule has 0 amide bonds. The first-order chi connectivity index (χ1) is 7.01. The van der Waals surface area contributed by atoms with Gasteiger partial charge in [0.15, 0.2) is 0 Å². The van der Waals surface area contributed by atoms with E-state index in [1.165, 1.54) is 7.11 Å². The maximum atomic E-state index is 11.3. The summed E-state index contributed by atoms with van der Waals surface area (Å²) in [6.45, 7) is 3.40. The summed E-state index contributed by atoms with van der Waals surface area (Å²) >= 11 is 0. The summed E-state index contributed by atoms with van der Waals surface area (Å²) in [5.41, 5.74) is 0.289. The standard InChI is InChI=1S/C11H14O4/c1-11(2,15-13)9-6-4-5-8(7-9)10(12)14-3/h4-7,13H,1-3H3. The van der Waals surface area contributed by atoms with E-state index in [1.807, 2.05) is 0 Å². The molecular formula is C11H14O4. The minimum Gasteiger partial charge on any atom is -0.465 e. The second-order valence-corrected chi connectivity index (χ2v) is 3.67. The average molecular weight is 210 g/mol. The molecule has 0 unspecified atom stereocenters. The Morgan fingerprint density at radius 2 is 2.07 bits per heavy atom. The van der Waals surface area contributed by atoms with E-state index in [9.17, 15) is 4.79 Å². The van der Waals surface area contributed by atoms with Crippen molar-refractivity contribution in [1.82, 2.24) is 0 Å². The zero-order chi connectivity index (χ0) is 11.5. The van der Waals surface area contributed by atoms with Crippen LogP contribution < -0.4 is 0 Å². The molecule has 0 aliphatic rings. The number of carbonyl (C=O) groups is 1. The predicted octanol–water partition coefficient (Wildman–Crippen LogP) is 2.20. The van der Waals surface area contributed by atoms with Gasteiger partial charge in [0, 0.05) is 0 Å². The van der Waals surface area contributed by atoms with Crippen molar-refractivity contribution in [2.45, 2.75) is 19.4 Å². The number of hydrogen-bond donors (Lipinski definition) is 1. The summed E-state index contributed by atoms with van der Waals surface area (Å²) < 4.78 is 4.60. The molecule has 0 atom stereocenters. The van der Waals surface area contributed by atoms with Crippen molar-refractivity contribution in [1.29, 1.82) is 0 Å². The number of rotatable bonds is 3. The highest BCUT2D eigenvalue weighted by atomic mass is 17.1. The Kier molecular flexibility index (Phi) is 3.44. The third-order valence-corrected chi connectivity index (χ3v) is 2.21. The molecule has 0 saturated carbocycles. The van der Waals surface area contributed by atoms with Crippen molar-refractivity contribution in [3.05, 3.63) is 35.4 Å². The Morgan fingerprint density at radius 3 is 2.60 bits per heavy atom.